The molecule has 0 saturated heterocycles. The molecule has 6 heteroatoms. The van der Waals surface area contributed by atoms with Gasteiger partial charge in [0.2, 0.25) is 0 Å². The van der Waals surface area contributed by atoms with Crippen LogP contribution in [0, 0.1) is 6.92 Å². The van der Waals surface area contributed by atoms with Crippen LogP contribution in [0.15, 0.2) is 76.2 Å². The van der Waals surface area contributed by atoms with Crippen LogP contribution in [0.1, 0.15) is 35.1 Å². The largest absolute Gasteiger partial charge is 0.497 e. The van der Waals surface area contributed by atoms with Gasteiger partial charge in [-0.05, 0) is 42.3 Å². The third kappa shape index (κ3) is 4.86. The summed E-state index contributed by atoms with van der Waals surface area (Å²) in [4.78, 5) is 14.3. The molecule has 2 aromatic carbocycles. The molecule has 1 unspecified atom stereocenters. The van der Waals surface area contributed by atoms with E-state index in [2.05, 4.69) is 0 Å². The van der Waals surface area contributed by atoms with Crippen molar-refractivity contribution in [2.24, 2.45) is 5.10 Å². The molecule has 0 spiro atoms. The van der Waals surface area contributed by atoms with E-state index in [1.165, 1.54) is 0 Å². The van der Waals surface area contributed by atoms with Crippen LogP contribution in [0.5, 0.6) is 5.75 Å². The molecule has 1 aliphatic rings. The first kappa shape index (κ1) is 20.9. The van der Waals surface area contributed by atoms with Crippen LogP contribution >= 0.6 is 0 Å². The Morgan fingerprint density at radius 2 is 1.87 bits per heavy atom. The number of carbonyl (C=O) groups excluding carboxylic acids is 1. The Hall–Kier alpha value is -3.38. The van der Waals surface area contributed by atoms with Crippen molar-refractivity contribution >= 4 is 11.6 Å². The number of quaternary nitrogens is 1. The Kier molecular flexibility index (Phi) is 6.18. The van der Waals surface area contributed by atoms with E-state index >= 15 is 0 Å². The van der Waals surface area contributed by atoms with Gasteiger partial charge in [0, 0.05) is 6.42 Å². The lowest BCUT2D eigenvalue weighted by Gasteiger charge is -2.23. The van der Waals surface area contributed by atoms with Gasteiger partial charge in [-0.25, -0.2) is 5.01 Å². The molecule has 0 bridgehead atoms. The number of nitrogens with one attached hydrogen (secondary N) is 1. The average Bonchev–Trinajstić information content (AvgIpc) is 3.41. The zero-order valence-corrected chi connectivity index (χ0v) is 18.2. The lowest BCUT2D eigenvalue weighted by atomic mass is 9.98. The monoisotopic (exact) mass is 418 g/mol. The molecule has 4 rings (SSSR count). The zero-order valence-electron chi connectivity index (χ0n) is 18.2. The van der Waals surface area contributed by atoms with Crippen LogP contribution in [-0.4, -0.2) is 37.3 Å². The van der Waals surface area contributed by atoms with Crippen LogP contribution in [0.25, 0.3) is 0 Å². The molecule has 2 atom stereocenters. The number of rotatable bonds is 7. The fraction of sp³-hybridized carbons (Fsp3) is 0.280. The summed E-state index contributed by atoms with van der Waals surface area (Å²) in [6.07, 6.45) is 0.679. The van der Waals surface area contributed by atoms with Gasteiger partial charge in [-0.2, -0.15) is 5.10 Å². The Morgan fingerprint density at radius 3 is 2.52 bits per heavy atom. The molecule has 2 heterocycles. The number of ether oxygens (including phenoxy) is 1. The summed E-state index contributed by atoms with van der Waals surface area (Å²) in [5.74, 6) is 2.55. The number of methoxy groups -OCH3 is 1. The van der Waals surface area contributed by atoms with Gasteiger partial charge in [0.25, 0.3) is 5.91 Å². The highest BCUT2D eigenvalue weighted by molar-refractivity contribution is 6.03. The minimum Gasteiger partial charge on any atom is -0.497 e. The third-order valence-corrected chi connectivity index (χ3v) is 5.50. The van der Waals surface area contributed by atoms with Crippen molar-refractivity contribution in [2.45, 2.75) is 25.9 Å². The van der Waals surface area contributed by atoms with Gasteiger partial charge in [0.15, 0.2) is 12.3 Å². The summed E-state index contributed by atoms with van der Waals surface area (Å²) in [6, 6.07) is 21.7. The fourth-order valence-corrected chi connectivity index (χ4v) is 3.91. The highest BCUT2D eigenvalue weighted by atomic mass is 16.5. The van der Waals surface area contributed by atoms with Crippen molar-refractivity contribution in [3.8, 4) is 5.75 Å². The number of benzene rings is 2. The van der Waals surface area contributed by atoms with Gasteiger partial charge >= 0.3 is 0 Å². The molecule has 3 aromatic rings. The first-order valence-electron chi connectivity index (χ1n) is 10.5. The van der Waals surface area contributed by atoms with E-state index in [9.17, 15) is 4.79 Å². The molecule has 1 aliphatic heterocycles. The first-order chi connectivity index (χ1) is 15.0. The predicted octanol–water partition coefficient (Wildman–Crippen LogP) is 2.99. The number of aryl methyl sites for hydroxylation is 1. The van der Waals surface area contributed by atoms with Crippen molar-refractivity contribution in [3.05, 3.63) is 89.4 Å². The van der Waals surface area contributed by atoms with Crippen molar-refractivity contribution in [3.63, 3.8) is 0 Å². The van der Waals surface area contributed by atoms with Gasteiger partial charge in [0.05, 0.1) is 25.9 Å². The van der Waals surface area contributed by atoms with Gasteiger partial charge in [-0.1, -0.05) is 42.5 Å². The second-order valence-electron chi connectivity index (χ2n) is 7.97. The van der Waals surface area contributed by atoms with Gasteiger partial charge in [0.1, 0.15) is 18.1 Å². The maximum atomic E-state index is 13.3. The Balaban J connectivity index is 1.54. The summed E-state index contributed by atoms with van der Waals surface area (Å²) in [6.45, 7) is 2.90. The van der Waals surface area contributed by atoms with Crippen LogP contribution in [0.3, 0.4) is 0 Å². The van der Waals surface area contributed by atoms with E-state index in [1.54, 1.807) is 12.1 Å². The van der Waals surface area contributed by atoms with Gasteiger partial charge in [-0.3, -0.25) is 4.79 Å². The molecular formula is C25H28N3O3+. The fourth-order valence-electron chi connectivity index (χ4n) is 3.91. The Bertz CT molecular complexity index is 1060. The Labute approximate surface area is 182 Å². The van der Waals surface area contributed by atoms with Crippen molar-refractivity contribution in [2.75, 3.05) is 20.7 Å². The van der Waals surface area contributed by atoms with Crippen LogP contribution in [0.2, 0.25) is 0 Å². The summed E-state index contributed by atoms with van der Waals surface area (Å²) >= 11 is 0. The number of carbonyl (C=O) groups is 1. The molecule has 160 valence electrons. The van der Waals surface area contributed by atoms with Crippen molar-refractivity contribution in [1.29, 1.82) is 0 Å². The van der Waals surface area contributed by atoms with Crippen LogP contribution < -0.4 is 9.64 Å². The number of hydrogen-bond donors (Lipinski definition) is 1. The zero-order chi connectivity index (χ0) is 21.8. The lowest BCUT2D eigenvalue weighted by molar-refractivity contribution is -0.886. The normalized spacial score (nSPS) is 16.8. The maximum Gasteiger partial charge on any atom is 0.298 e. The summed E-state index contributed by atoms with van der Waals surface area (Å²) in [5.41, 5.74) is 3.01. The molecule has 0 saturated carbocycles. The van der Waals surface area contributed by atoms with Gasteiger partial charge in [-0.15, -0.1) is 0 Å². The minimum atomic E-state index is -0.132. The van der Waals surface area contributed by atoms with E-state index < -0.39 is 0 Å². The molecule has 1 aromatic heterocycles. The standard InChI is InChI=1S/C25H27N3O3/c1-18-9-12-22(31-18)16-27(2)17-25(29)28-24(20-10-13-21(30-3)14-11-20)15-23(26-28)19-7-5-4-6-8-19/h4-14,24H,15-17H2,1-3H3/p+1/t24-/m0/s1. The molecule has 1 amide bonds. The minimum absolute atomic E-state index is 0.00692. The number of likely N-dealkylation sites (N-methyl/N-ethyl adjacent to an activating group) is 1. The highest BCUT2D eigenvalue weighted by Gasteiger charge is 2.34. The molecule has 31 heavy (non-hydrogen) atoms. The van der Waals surface area contributed by atoms with Gasteiger partial charge < -0.3 is 14.1 Å². The summed E-state index contributed by atoms with van der Waals surface area (Å²) in [5, 5.41) is 6.41. The maximum absolute atomic E-state index is 13.3. The number of hydrogen-bond acceptors (Lipinski definition) is 4. The Morgan fingerprint density at radius 1 is 1.13 bits per heavy atom. The predicted molar refractivity (Wildman–Crippen MR) is 119 cm³/mol. The third-order valence-electron chi connectivity index (χ3n) is 5.50. The second kappa shape index (κ2) is 9.18. The second-order valence-corrected chi connectivity index (χ2v) is 7.97. The highest BCUT2D eigenvalue weighted by Crippen LogP contribution is 2.33. The van der Waals surface area contributed by atoms with Crippen LogP contribution in [0.4, 0.5) is 0 Å². The number of hydrazone groups is 1. The quantitative estimate of drug-likeness (QED) is 0.642. The van der Waals surface area contributed by atoms with E-state index in [4.69, 9.17) is 14.3 Å². The molecular weight excluding hydrogens is 390 g/mol. The molecule has 0 fully saturated rings. The van der Waals surface area contributed by atoms with E-state index in [0.29, 0.717) is 19.5 Å². The molecule has 6 nitrogen and oxygen atoms in total. The number of nitrogens with zero attached hydrogens (tertiary/aromatic N) is 2. The molecule has 0 radical (unpaired) electrons. The van der Waals surface area contributed by atoms with Crippen molar-refractivity contribution < 1.29 is 18.8 Å². The number of amides is 1. The first-order valence-corrected chi connectivity index (χ1v) is 10.5. The van der Waals surface area contributed by atoms with Crippen LogP contribution in [-0.2, 0) is 11.3 Å². The van der Waals surface area contributed by atoms with E-state index in [-0.39, 0.29) is 11.9 Å². The number of furan rings is 1. The topological polar surface area (TPSA) is 59.5 Å². The summed E-state index contributed by atoms with van der Waals surface area (Å²) in [7, 11) is 3.65. The average molecular weight is 419 g/mol. The molecule has 0 aliphatic carbocycles. The van der Waals surface area contributed by atoms with Crippen molar-refractivity contribution in [1.82, 2.24) is 5.01 Å². The van der Waals surface area contributed by atoms with E-state index in [0.717, 1.165) is 39.0 Å². The lowest BCUT2D eigenvalue weighted by Crippen LogP contribution is -3.08. The smallest absolute Gasteiger partial charge is 0.298 e. The SMILES string of the molecule is COc1ccc([C@@H]2CC(c3ccccc3)=NN2C(=O)C[NH+](C)Cc2ccc(C)o2)cc1. The molecule has 1 N–H and O–H groups in total. The van der Waals surface area contributed by atoms with E-state index in [1.807, 2.05) is 80.7 Å². The summed E-state index contributed by atoms with van der Waals surface area (Å²) < 4.78 is 10.9.